The first-order valence-corrected chi connectivity index (χ1v) is 5.69. The molecule has 1 aromatic heterocycles. The summed E-state index contributed by atoms with van der Waals surface area (Å²) in [5, 5.41) is 11.6. The van der Waals surface area contributed by atoms with E-state index < -0.39 is 5.97 Å². The van der Waals surface area contributed by atoms with Crippen molar-refractivity contribution < 1.29 is 19.1 Å². The van der Waals surface area contributed by atoms with Crippen LogP contribution >= 0.6 is 0 Å². The topological polar surface area (TPSA) is 79.5 Å². The van der Waals surface area contributed by atoms with Gasteiger partial charge in [-0.3, -0.25) is 9.59 Å². The first-order chi connectivity index (χ1) is 8.16. The van der Waals surface area contributed by atoms with Gasteiger partial charge in [0, 0.05) is 5.92 Å². The first-order valence-electron chi connectivity index (χ1n) is 5.69. The van der Waals surface area contributed by atoms with Crippen molar-refractivity contribution in [3.05, 3.63) is 24.2 Å². The zero-order valence-corrected chi connectivity index (χ0v) is 9.39. The van der Waals surface area contributed by atoms with Gasteiger partial charge in [-0.15, -0.1) is 0 Å². The molecule has 0 aromatic carbocycles. The quantitative estimate of drug-likeness (QED) is 0.829. The Morgan fingerprint density at radius 2 is 2.18 bits per heavy atom. The Bertz CT molecular complexity index is 399. The van der Waals surface area contributed by atoms with Crippen molar-refractivity contribution in [2.24, 2.45) is 11.8 Å². The van der Waals surface area contributed by atoms with Crippen LogP contribution in [0.4, 0.5) is 0 Å². The van der Waals surface area contributed by atoms with E-state index in [-0.39, 0.29) is 17.7 Å². The van der Waals surface area contributed by atoms with Crippen molar-refractivity contribution in [2.45, 2.75) is 25.8 Å². The summed E-state index contributed by atoms with van der Waals surface area (Å²) in [5.74, 6) is -0.719. The van der Waals surface area contributed by atoms with E-state index in [4.69, 9.17) is 9.52 Å². The third-order valence-electron chi connectivity index (χ3n) is 3.17. The Kier molecular flexibility index (Phi) is 3.46. The molecule has 0 spiro atoms. The van der Waals surface area contributed by atoms with Gasteiger partial charge in [0.15, 0.2) is 0 Å². The van der Waals surface area contributed by atoms with E-state index in [0.29, 0.717) is 31.6 Å². The number of rotatable bonds is 4. The summed E-state index contributed by atoms with van der Waals surface area (Å²) in [7, 11) is 0. The molecule has 0 bridgehead atoms. The van der Waals surface area contributed by atoms with Crippen molar-refractivity contribution in [2.75, 3.05) is 0 Å². The molecule has 1 heterocycles. The minimum absolute atomic E-state index is 0.0786. The molecule has 1 aliphatic rings. The van der Waals surface area contributed by atoms with Crippen molar-refractivity contribution >= 4 is 11.9 Å². The van der Waals surface area contributed by atoms with E-state index in [9.17, 15) is 9.59 Å². The SMILES string of the molecule is O=C(O)[C@@H]1CC[C@H](C(=O)NCc2ccco2)C1. The zero-order valence-electron chi connectivity index (χ0n) is 9.39. The Hall–Kier alpha value is -1.78. The molecule has 1 aromatic rings. The van der Waals surface area contributed by atoms with E-state index in [2.05, 4.69) is 5.32 Å². The van der Waals surface area contributed by atoms with Crippen LogP contribution in [0.3, 0.4) is 0 Å². The Morgan fingerprint density at radius 3 is 2.76 bits per heavy atom. The fourth-order valence-electron chi connectivity index (χ4n) is 2.18. The lowest BCUT2D eigenvalue weighted by Gasteiger charge is -2.09. The molecular weight excluding hydrogens is 222 g/mol. The number of furan rings is 1. The molecule has 1 aliphatic carbocycles. The Labute approximate surface area is 98.8 Å². The van der Waals surface area contributed by atoms with Crippen LogP contribution in [0, 0.1) is 11.8 Å². The number of carboxylic acids is 1. The molecule has 1 amide bonds. The fraction of sp³-hybridized carbons (Fsp3) is 0.500. The molecule has 2 rings (SSSR count). The second kappa shape index (κ2) is 5.03. The standard InChI is InChI=1S/C12H15NO4/c14-11(13-7-10-2-1-5-17-10)8-3-4-9(6-8)12(15)16/h1-2,5,8-9H,3-4,6-7H2,(H,13,14)(H,15,16)/t8-,9+/m0/s1. The second-order valence-corrected chi connectivity index (χ2v) is 4.34. The van der Waals surface area contributed by atoms with Crippen LogP contribution < -0.4 is 5.32 Å². The minimum atomic E-state index is -0.800. The van der Waals surface area contributed by atoms with E-state index in [0.717, 1.165) is 0 Å². The lowest BCUT2D eigenvalue weighted by atomic mass is 10.0. The summed E-state index contributed by atoms with van der Waals surface area (Å²) in [4.78, 5) is 22.5. The zero-order chi connectivity index (χ0) is 12.3. The summed E-state index contributed by atoms with van der Waals surface area (Å²) in [6.45, 7) is 0.361. The number of carbonyl (C=O) groups is 2. The molecule has 92 valence electrons. The predicted molar refractivity (Wildman–Crippen MR) is 59.0 cm³/mol. The number of carbonyl (C=O) groups excluding carboxylic acids is 1. The van der Waals surface area contributed by atoms with Gasteiger partial charge in [-0.2, -0.15) is 0 Å². The molecule has 1 saturated carbocycles. The molecule has 0 aliphatic heterocycles. The minimum Gasteiger partial charge on any atom is -0.481 e. The van der Waals surface area contributed by atoms with E-state index in [1.807, 2.05) is 0 Å². The van der Waals surface area contributed by atoms with Crippen molar-refractivity contribution in [3.8, 4) is 0 Å². The Balaban J connectivity index is 1.79. The second-order valence-electron chi connectivity index (χ2n) is 4.34. The van der Waals surface area contributed by atoms with Crippen LogP contribution in [0.15, 0.2) is 22.8 Å². The van der Waals surface area contributed by atoms with Gasteiger partial charge in [-0.25, -0.2) is 0 Å². The first kappa shape index (κ1) is 11.7. The summed E-state index contributed by atoms with van der Waals surface area (Å²) in [6, 6.07) is 3.55. The maximum absolute atomic E-state index is 11.8. The highest BCUT2D eigenvalue weighted by Crippen LogP contribution is 2.31. The van der Waals surface area contributed by atoms with E-state index >= 15 is 0 Å². The average Bonchev–Trinajstić information content (AvgIpc) is 2.96. The lowest BCUT2D eigenvalue weighted by Crippen LogP contribution is -2.29. The third kappa shape index (κ3) is 2.87. The summed E-state index contributed by atoms with van der Waals surface area (Å²) >= 11 is 0. The van der Waals surface area contributed by atoms with Gasteiger partial charge >= 0.3 is 5.97 Å². The molecule has 5 nitrogen and oxygen atoms in total. The van der Waals surface area contributed by atoms with Gasteiger partial charge in [-0.1, -0.05) is 0 Å². The van der Waals surface area contributed by atoms with Gasteiger partial charge in [0.1, 0.15) is 5.76 Å². The van der Waals surface area contributed by atoms with Crippen LogP contribution in [0.5, 0.6) is 0 Å². The maximum Gasteiger partial charge on any atom is 0.306 e. The number of carboxylic acid groups (broad SMARTS) is 1. The molecule has 0 radical (unpaired) electrons. The Morgan fingerprint density at radius 1 is 1.41 bits per heavy atom. The van der Waals surface area contributed by atoms with E-state index in [1.165, 1.54) is 0 Å². The molecule has 2 N–H and O–H groups in total. The molecule has 5 heteroatoms. The number of hydrogen-bond acceptors (Lipinski definition) is 3. The van der Waals surface area contributed by atoms with Crippen LogP contribution in [-0.2, 0) is 16.1 Å². The highest BCUT2D eigenvalue weighted by atomic mass is 16.4. The van der Waals surface area contributed by atoms with Crippen molar-refractivity contribution in [1.82, 2.24) is 5.32 Å². The van der Waals surface area contributed by atoms with E-state index in [1.54, 1.807) is 18.4 Å². The summed E-state index contributed by atoms with van der Waals surface area (Å²) in [5.41, 5.74) is 0. The molecule has 0 saturated heterocycles. The smallest absolute Gasteiger partial charge is 0.306 e. The monoisotopic (exact) mass is 237 g/mol. The summed E-state index contributed by atoms with van der Waals surface area (Å²) in [6.07, 6.45) is 3.24. The molecule has 0 unspecified atom stereocenters. The normalized spacial score (nSPS) is 23.5. The number of nitrogens with one attached hydrogen (secondary N) is 1. The number of hydrogen-bond donors (Lipinski definition) is 2. The van der Waals surface area contributed by atoms with Gasteiger partial charge < -0.3 is 14.8 Å². The highest BCUT2D eigenvalue weighted by molar-refractivity contribution is 5.80. The molecule has 17 heavy (non-hydrogen) atoms. The lowest BCUT2D eigenvalue weighted by molar-refractivity contribution is -0.141. The predicted octanol–water partition coefficient (Wildman–Crippen LogP) is 1.40. The average molecular weight is 237 g/mol. The summed E-state index contributed by atoms with van der Waals surface area (Å²) < 4.78 is 5.10. The van der Waals surface area contributed by atoms with Gasteiger partial charge in [0.2, 0.25) is 5.91 Å². The third-order valence-corrected chi connectivity index (χ3v) is 3.17. The van der Waals surface area contributed by atoms with Crippen LogP contribution in [-0.4, -0.2) is 17.0 Å². The molecular formula is C12H15NO4. The fourth-order valence-corrected chi connectivity index (χ4v) is 2.18. The number of amides is 1. The molecule has 2 atom stereocenters. The van der Waals surface area contributed by atoms with Crippen LogP contribution in [0.2, 0.25) is 0 Å². The van der Waals surface area contributed by atoms with Crippen molar-refractivity contribution in [3.63, 3.8) is 0 Å². The molecule has 1 fully saturated rings. The van der Waals surface area contributed by atoms with Gasteiger partial charge in [-0.05, 0) is 31.4 Å². The van der Waals surface area contributed by atoms with Gasteiger partial charge in [0.05, 0.1) is 18.7 Å². The van der Waals surface area contributed by atoms with Crippen molar-refractivity contribution in [1.29, 1.82) is 0 Å². The largest absolute Gasteiger partial charge is 0.481 e. The van der Waals surface area contributed by atoms with Crippen LogP contribution in [0.25, 0.3) is 0 Å². The maximum atomic E-state index is 11.8. The van der Waals surface area contributed by atoms with Crippen LogP contribution in [0.1, 0.15) is 25.0 Å². The number of aliphatic carboxylic acids is 1. The highest BCUT2D eigenvalue weighted by Gasteiger charge is 2.33. The van der Waals surface area contributed by atoms with Gasteiger partial charge in [0.25, 0.3) is 0 Å².